The maximum Gasteiger partial charge on any atom is 0.213 e. The minimum atomic E-state index is -3.07. The maximum absolute atomic E-state index is 12.3. The molecule has 0 N–H and O–H groups in total. The van der Waals surface area contributed by atoms with Crippen molar-refractivity contribution in [2.45, 2.75) is 103 Å². The summed E-state index contributed by atoms with van der Waals surface area (Å²) in [5.74, 6) is 0.311. The van der Waals surface area contributed by atoms with E-state index in [1.165, 1.54) is 77.0 Å². The van der Waals surface area contributed by atoms with Crippen LogP contribution in [0.25, 0.3) is 0 Å². The minimum Gasteiger partial charge on any atom is -0.331 e. The van der Waals surface area contributed by atoms with Crippen molar-refractivity contribution in [3.8, 4) is 0 Å². The Morgan fingerprint density at radius 1 is 0.655 bits per heavy atom. The summed E-state index contributed by atoms with van der Waals surface area (Å²) in [4.78, 5) is 0. The number of unbranched alkanes of at least 4 members (excludes halogenated alkanes) is 13. The molecule has 0 aliphatic heterocycles. The second-order valence-corrected chi connectivity index (χ2v) is 11.8. The van der Waals surface area contributed by atoms with Gasteiger partial charge in [-0.1, -0.05) is 90.4 Å². The molecule has 29 heavy (non-hydrogen) atoms. The molecule has 0 rings (SSSR count). The van der Waals surface area contributed by atoms with Crippen LogP contribution in [0.5, 0.6) is 0 Å². The lowest BCUT2D eigenvalue weighted by Gasteiger charge is -2.25. The predicted octanol–water partition coefficient (Wildman–Crippen LogP) is 6.44. The Morgan fingerprint density at radius 3 is 1.41 bits per heavy atom. The average molecular weight is 548 g/mol. The molecule has 0 fully saturated rings. The lowest BCUT2D eigenvalue weighted by molar-refractivity contribution is -0.870. The third kappa shape index (κ3) is 21.6. The first-order valence-corrected chi connectivity index (χ1v) is 13.5. The molecule has 0 heterocycles. The van der Waals surface area contributed by atoms with Crippen LogP contribution in [0.15, 0.2) is 0 Å². The molecule has 0 radical (unpaired) electrons. The molecule has 0 amide bonds. The first-order chi connectivity index (χ1) is 13.2. The van der Waals surface area contributed by atoms with Crippen molar-refractivity contribution in [2.75, 3.05) is 47.0 Å². The molecule has 0 aliphatic rings. The van der Waals surface area contributed by atoms with E-state index in [2.05, 4.69) is 28.1 Å². The summed E-state index contributed by atoms with van der Waals surface area (Å²) in [5, 5.41) is 0. The van der Waals surface area contributed by atoms with E-state index in [4.69, 9.17) is 0 Å². The van der Waals surface area contributed by atoms with Gasteiger partial charge in [0.2, 0.25) is 10.0 Å². The van der Waals surface area contributed by atoms with Gasteiger partial charge in [0.1, 0.15) is 0 Å². The van der Waals surface area contributed by atoms with Gasteiger partial charge in [0.05, 0.1) is 33.4 Å². The van der Waals surface area contributed by atoms with Crippen LogP contribution in [0.3, 0.4) is 0 Å². The van der Waals surface area contributed by atoms with E-state index in [-0.39, 0.29) is 24.0 Å². The Morgan fingerprint density at radius 2 is 1.03 bits per heavy atom. The van der Waals surface area contributed by atoms with Crippen LogP contribution in [0.4, 0.5) is 0 Å². The first kappa shape index (κ1) is 31.8. The molecule has 4 nitrogen and oxygen atoms in total. The number of sulfonamides is 1. The number of hydrogen-bond donors (Lipinski definition) is 0. The summed E-state index contributed by atoms with van der Waals surface area (Å²) >= 11 is 0. The van der Waals surface area contributed by atoms with Crippen LogP contribution >= 0.6 is 24.0 Å². The maximum atomic E-state index is 12.3. The fourth-order valence-electron chi connectivity index (χ4n) is 3.54. The normalized spacial score (nSPS) is 12.3. The molecule has 0 saturated heterocycles. The van der Waals surface area contributed by atoms with Gasteiger partial charge in [-0.15, -0.1) is 24.0 Å². The molecule has 178 valence electrons. The van der Waals surface area contributed by atoms with Crippen molar-refractivity contribution in [3.05, 3.63) is 0 Å². The summed E-state index contributed by atoms with van der Waals surface area (Å²) in [5.41, 5.74) is 0. The van der Waals surface area contributed by atoms with E-state index >= 15 is 0 Å². The van der Waals surface area contributed by atoms with E-state index in [1.54, 1.807) is 11.4 Å². The quantitative estimate of drug-likeness (QED) is 0.0999. The van der Waals surface area contributed by atoms with E-state index in [0.29, 0.717) is 12.3 Å². The zero-order valence-electron chi connectivity index (χ0n) is 20.3. The number of quaternary nitrogens is 1. The molecule has 6 heteroatoms. The third-order valence-electron chi connectivity index (χ3n) is 5.53. The van der Waals surface area contributed by atoms with Crippen molar-refractivity contribution in [1.82, 2.24) is 4.31 Å². The highest BCUT2D eigenvalue weighted by atomic mass is 127. The Bertz CT molecular complexity index is 450. The largest absolute Gasteiger partial charge is 0.331 e. The van der Waals surface area contributed by atoms with Gasteiger partial charge < -0.3 is 4.48 Å². The highest BCUT2D eigenvalue weighted by Gasteiger charge is 2.18. The summed E-state index contributed by atoms with van der Waals surface area (Å²) in [6, 6.07) is 0. The van der Waals surface area contributed by atoms with Crippen molar-refractivity contribution >= 4 is 34.0 Å². The number of nitrogens with zero attached hydrogens (tertiary/aromatic N) is 2. The van der Waals surface area contributed by atoms with Gasteiger partial charge in [0, 0.05) is 20.0 Å². The summed E-state index contributed by atoms with van der Waals surface area (Å²) in [7, 11) is 5.09. The van der Waals surface area contributed by atoms with Crippen LogP contribution in [-0.4, -0.2) is 64.2 Å². The lowest BCUT2D eigenvalue weighted by Crippen LogP contribution is -2.38. The molecule has 0 spiro atoms. The first-order valence-electron chi connectivity index (χ1n) is 11.9. The molecule has 0 bridgehead atoms. The Kier molecular flexibility index (Phi) is 21.2. The van der Waals surface area contributed by atoms with Crippen LogP contribution in [0.2, 0.25) is 0 Å². The van der Waals surface area contributed by atoms with Crippen LogP contribution < -0.4 is 0 Å². The molecule has 0 aromatic rings. The van der Waals surface area contributed by atoms with Gasteiger partial charge in [-0.3, -0.25) is 0 Å². The van der Waals surface area contributed by atoms with Crippen molar-refractivity contribution in [3.63, 3.8) is 0 Å². The molecule has 0 atom stereocenters. The van der Waals surface area contributed by atoms with Crippen molar-refractivity contribution in [1.29, 1.82) is 0 Å². The minimum absolute atomic E-state index is 0. The molecule has 0 unspecified atom stereocenters. The zero-order valence-corrected chi connectivity index (χ0v) is 23.4. The van der Waals surface area contributed by atoms with Gasteiger partial charge in [-0.25, -0.2) is 12.7 Å². The second-order valence-electron chi connectivity index (χ2n) is 9.60. The number of hydrogen-bond acceptors (Lipinski definition) is 2. The van der Waals surface area contributed by atoms with E-state index in [0.717, 1.165) is 30.3 Å². The number of halogens is 1. The Balaban J connectivity index is 0. The summed E-state index contributed by atoms with van der Waals surface area (Å²) in [6.07, 6.45) is 19.0. The molecular formula is C23H52IN2O2S+. The Hall–Kier alpha value is 0.600. The van der Waals surface area contributed by atoms with E-state index in [9.17, 15) is 8.42 Å². The zero-order chi connectivity index (χ0) is 21.3. The summed E-state index contributed by atoms with van der Waals surface area (Å²) in [6.45, 7) is 3.90. The standard InChI is InChI=1S/C23H51N2O2S.HI/c1-6-7-8-9-10-11-12-13-14-15-16-17-18-19-23-28(26,27)24(2)21-20-22-25(3,4)5;/h6-23H2,1-5H3;1H/q+1;. The third-order valence-corrected chi connectivity index (χ3v) is 7.47. The molecular weight excluding hydrogens is 495 g/mol. The van der Waals surface area contributed by atoms with E-state index < -0.39 is 10.0 Å². The van der Waals surface area contributed by atoms with Gasteiger partial charge >= 0.3 is 0 Å². The van der Waals surface area contributed by atoms with Gasteiger partial charge in [0.25, 0.3) is 0 Å². The second kappa shape index (κ2) is 19.3. The highest BCUT2D eigenvalue weighted by molar-refractivity contribution is 14.0. The topological polar surface area (TPSA) is 37.4 Å². The average Bonchev–Trinajstić information content (AvgIpc) is 2.60. The van der Waals surface area contributed by atoms with Gasteiger partial charge in [0.15, 0.2) is 0 Å². The fraction of sp³-hybridized carbons (Fsp3) is 1.00. The van der Waals surface area contributed by atoms with Crippen molar-refractivity contribution < 1.29 is 12.9 Å². The smallest absolute Gasteiger partial charge is 0.213 e. The van der Waals surface area contributed by atoms with Crippen molar-refractivity contribution in [2.24, 2.45) is 0 Å². The number of rotatable bonds is 20. The molecule has 0 aliphatic carbocycles. The monoisotopic (exact) mass is 547 g/mol. The fourth-order valence-corrected chi connectivity index (χ4v) is 4.83. The summed E-state index contributed by atoms with van der Waals surface area (Å²) < 4.78 is 27.1. The van der Waals surface area contributed by atoms with Crippen LogP contribution in [0, 0.1) is 0 Å². The van der Waals surface area contributed by atoms with Gasteiger partial charge in [-0.2, -0.15) is 0 Å². The molecule has 0 aromatic carbocycles. The SMILES string of the molecule is CCCCCCCCCCCCCCCCS(=O)(=O)N(C)CCC[N+](C)(C)C.I. The predicted molar refractivity (Wildman–Crippen MR) is 140 cm³/mol. The van der Waals surface area contributed by atoms with Crippen LogP contribution in [-0.2, 0) is 10.0 Å². The van der Waals surface area contributed by atoms with E-state index in [1.807, 2.05) is 0 Å². The van der Waals surface area contributed by atoms with Crippen LogP contribution in [0.1, 0.15) is 103 Å². The molecule has 0 aromatic heterocycles. The molecule has 0 saturated carbocycles. The Labute approximate surface area is 200 Å². The highest BCUT2D eigenvalue weighted by Crippen LogP contribution is 2.13. The van der Waals surface area contributed by atoms with Gasteiger partial charge in [-0.05, 0) is 6.42 Å². The lowest BCUT2D eigenvalue weighted by atomic mass is 10.0.